The molecule has 0 fully saturated rings. The van der Waals surface area contributed by atoms with E-state index in [2.05, 4.69) is 15.5 Å². The smallest absolute Gasteiger partial charge is 0.368 e. The Labute approximate surface area is 140 Å². The number of hydrogen-bond acceptors (Lipinski definition) is 4. The SMILES string of the molecule is NC(=O)[C@@H](NCc1nnc2ccc(C(F)(F)F)cn12)c1ccccc1. The maximum absolute atomic E-state index is 12.9. The number of amides is 1. The molecule has 1 atom stereocenters. The lowest BCUT2D eigenvalue weighted by Gasteiger charge is -2.15. The Balaban J connectivity index is 1.86. The highest BCUT2D eigenvalue weighted by Gasteiger charge is 2.31. The van der Waals surface area contributed by atoms with E-state index >= 15 is 0 Å². The summed E-state index contributed by atoms with van der Waals surface area (Å²) < 4.78 is 39.8. The molecule has 0 spiro atoms. The van der Waals surface area contributed by atoms with Crippen molar-refractivity contribution in [2.24, 2.45) is 5.73 Å². The standard InChI is InChI=1S/C16H14F3N5O/c17-16(18,19)11-6-7-12-22-23-13(24(12)9-11)8-21-14(15(20)25)10-4-2-1-3-5-10/h1-7,9,14,21H,8H2,(H2,20,25)/t14-/m0/s1. The van der Waals surface area contributed by atoms with E-state index in [1.54, 1.807) is 30.3 Å². The van der Waals surface area contributed by atoms with Gasteiger partial charge in [-0.2, -0.15) is 13.2 Å². The van der Waals surface area contributed by atoms with Gasteiger partial charge in [-0.25, -0.2) is 0 Å². The number of fused-ring (bicyclic) bond motifs is 1. The molecule has 3 aromatic rings. The lowest BCUT2D eigenvalue weighted by Crippen LogP contribution is -2.33. The first kappa shape index (κ1) is 16.9. The minimum absolute atomic E-state index is 0.0188. The average molecular weight is 349 g/mol. The van der Waals surface area contributed by atoms with Crippen molar-refractivity contribution in [3.05, 3.63) is 65.6 Å². The number of primary amides is 1. The van der Waals surface area contributed by atoms with Gasteiger partial charge in [0.05, 0.1) is 12.1 Å². The van der Waals surface area contributed by atoms with Gasteiger partial charge in [-0.1, -0.05) is 30.3 Å². The number of pyridine rings is 1. The molecule has 2 aromatic heterocycles. The second kappa shape index (κ2) is 6.52. The Kier molecular flexibility index (Phi) is 4.41. The van der Waals surface area contributed by atoms with Crippen LogP contribution in [0.25, 0.3) is 5.65 Å². The molecule has 9 heteroatoms. The second-order valence-electron chi connectivity index (χ2n) is 5.39. The third kappa shape index (κ3) is 3.61. The largest absolute Gasteiger partial charge is 0.417 e. The van der Waals surface area contributed by atoms with Crippen LogP contribution < -0.4 is 11.1 Å². The topological polar surface area (TPSA) is 85.3 Å². The van der Waals surface area contributed by atoms with E-state index in [4.69, 9.17) is 5.73 Å². The molecule has 0 bridgehead atoms. The van der Waals surface area contributed by atoms with Crippen LogP contribution in [0.2, 0.25) is 0 Å². The molecule has 3 rings (SSSR count). The van der Waals surface area contributed by atoms with E-state index in [-0.39, 0.29) is 18.0 Å². The fourth-order valence-electron chi connectivity index (χ4n) is 2.45. The van der Waals surface area contributed by atoms with Crippen molar-refractivity contribution in [1.82, 2.24) is 19.9 Å². The maximum atomic E-state index is 12.9. The Morgan fingerprint density at radius 2 is 1.88 bits per heavy atom. The third-order valence-corrected chi connectivity index (χ3v) is 3.68. The number of hydrogen-bond donors (Lipinski definition) is 2. The number of carbonyl (C=O) groups excluding carboxylic acids is 1. The summed E-state index contributed by atoms with van der Waals surface area (Å²) in [5, 5.41) is 10.6. The predicted molar refractivity (Wildman–Crippen MR) is 83.2 cm³/mol. The minimum atomic E-state index is -4.47. The van der Waals surface area contributed by atoms with Gasteiger partial charge in [-0.05, 0) is 17.7 Å². The number of nitrogens with one attached hydrogen (secondary N) is 1. The van der Waals surface area contributed by atoms with E-state index in [1.807, 2.05) is 0 Å². The van der Waals surface area contributed by atoms with E-state index in [1.165, 1.54) is 10.5 Å². The van der Waals surface area contributed by atoms with Crippen molar-refractivity contribution in [2.45, 2.75) is 18.8 Å². The van der Waals surface area contributed by atoms with Gasteiger partial charge in [-0.15, -0.1) is 10.2 Å². The highest BCUT2D eigenvalue weighted by molar-refractivity contribution is 5.81. The maximum Gasteiger partial charge on any atom is 0.417 e. The van der Waals surface area contributed by atoms with Gasteiger partial charge < -0.3 is 5.73 Å². The zero-order valence-electron chi connectivity index (χ0n) is 12.9. The third-order valence-electron chi connectivity index (χ3n) is 3.68. The second-order valence-corrected chi connectivity index (χ2v) is 5.39. The minimum Gasteiger partial charge on any atom is -0.368 e. The molecule has 1 aromatic carbocycles. The first-order valence-electron chi connectivity index (χ1n) is 7.35. The summed E-state index contributed by atoms with van der Waals surface area (Å²) in [7, 11) is 0. The molecule has 6 nitrogen and oxygen atoms in total. The van der Waals surface area contributed by atoms with Gasteiger partial charge in [0.2, 0.25) is 5.91 Å². The zero-order valence-corrected chi connectivity index (χ0v) is 12.9. The lowest BCUT2D eigenvalue weighted by molar-refractivity contribution is -0.137. The number of halogens is 3. The molecular formula is C16H14F3N5O. The summed E-state index contributed by atoms with van der Waals surface area (Å²) in [6.07, 6.45) is -3.54. The van der Waals surface area contributed by atoms with E-state index < -0.39 is 23.7 Å². The van der Waals surface area contributed by atoms with Crippen LogP contribution in [0, 0.1) is 0 Å². The van der Waals surface area contributed by atoms with Gasteiger partial charge in [0.1, 0.15) is 6.04 Å². The molecule has 2 heterocycles. The highest BCUT2D eigenvalue weighted by Crippen LogP contribution is 2.29. The molecular weight excluding hydrogens is 335 g/mol. The van der Waals surface area contributed by atoms with E-state index in [9.17, 15) is 18.0 Å². The van der Waals surface area contributed by atoms with E-state index in [0.717, 1.165) is 12.3 Å². The molecule has 1 amide bonds. The van der Waals surface area contributed by atoms with Crippen LogP contribution in [0.5, 0.6) is 0 Å². The average Bonchev–Trinajstić information content (AvgIpc) is 2.97. The van der Waals surface area contributed by atoms with Crippen molar-refractivity contribution >= 4 is 11.6 Å². The van der Waals surface area contributed by atoms with E-state index in [0.29, 0.717) is 5.56 Å². The summed E-state index contributed by atoms with van der Waals surface area (Å²) in [5.41, 5.74) is 5.53. The molecule has 0 saturated heterocycles. The van der Waals surface area contributed by atoms with Crippen molar-refractivity contribution in [3.63, 3.8) is 0 Å². The fourth-order valence-corrected chi connectivity index (χ4v) is 2.45. The van der Waals surface area contributed by atoms with Crippen molar-refractivity contribution < 1.29 is 18.0 Å². The zero-order chi connectivity index (χ0) is 18.0. The fraction of sp³-hybridized carbons (Fsp3) is 0.188. The lowest BCUT2D eigenvalue weighted by atomic mass is 10.1. The summed E-state index contributed by atoms with van der Waals surface area (Å²) in [6, 6.07) is 10.2. The molecule has 0 aliphatic carbocycles. The van der Waals surface area contributed by atoms with Gasteiger partial charge in [0.15, 0.2) is 11.5 Å². The number of alkyl halides is 3. The van der Waals surface area contributed by atoms with Crippen LogP contribution >= 0.6 is 0 Å². The molecule has 0 saturated carbocycles. The predicted octanol–water partition coefficient (Wildman–Crippen LogP) is 2.06. The monoisotopic (exact) mass is 349 g/mol. The molecule has 0 aliphatic rings. The van der Waals surface area contributed by atoms with Crippen LogP contribution in [0.15, 0.2) is 48.7 Å². The summed E-state index contributed by atoms with van der Waals surface area (Å²) in [4.78, 5) is 11.7. The number of nitrogens with two attached hydrogens (primary N) is 1. The van der Waals surface area contributed by atoms with Crippen molar-refractivity contribution in [1.29, 1.82) is 0 Å². The van der Waals surface area contributed by atoms with Crippen molar-refractivity contribution in [3.8, 4) is 0 Å². The van der Waals surface area contributed by atoms with Crippen molar-refractivity contribution in [2.75, 3.05) is 0 Å². The summed E-state index contributed by atoms with van der Waals surface area (Å²) >= 11 is 0. The Morgan fingerprint density at radius 1 is 1.16 bits per heavy atom. The number of carbonyl (C=O) groups is 1. The molecule has 0 aliphatic heterocycles. The first-order valence-corrected chi connectivity index (χ1v) is 7.35. The molecule has 3 N–H and O–H groups in total. The van der Waals surface area contributed by atoms with Gasteiger partial charge in [0, 0.05) is 6.20 Å². The highest BCUT2D eigenvalue weighted by atomic mass is 19.4. The Hall–Kier alpha value is -2.94. The van der Waals surface area contributed by atoms with Gasteiger partial charge in [-0.3, -0.25) is 14.5 Å². The van der Waals surface area contributed by atoms with Crippen LogP contribution in [0.4, 0.5) is 13.2 Å². The van der Waals surface area contributed by atoms with Crippen LogP contribution in [0.3, 0.4) is 0 Å². The van der Waals surface area contributed by atoms with Gasteiger partial charge in [0.25, 0.3) is 0 Å². The molecule has 25 heavy (non-hydrogen) atoms. The Morgan fingerprint density at radius 3 is 2.52 bits per heavy atom. The number of benzene rings is 1. The number of rotatable bonds is 5. The molecule has 0 radical (unpaired) electrons. The van der Waals surface area contributed by atoms with Gasteiger partial charge >= 0.3 is 6.18 Å². The Bertz CT molecular complexity index is 892. The van der Waals surface area contributed by atoms with Crippen LogP contribution in [-0.2, 0) is 17.5 Å². The first-order chi connectivity index (χ1) is 11.9. The number of aromatic nitrogens is 3. The quantitative estimate of drug-likeness (QED) is 0.738. The summed E-state index contributed by atoms with van der Waals surface area (Å²) in [5.74, 6) is -0.362. The summed E-state index contributed by atoms with van der Waals surface area (Å²) in [6.45, 7) is 0.0188. The normalized spacial score (nSPS) is 13.1. The van der Waals surface area contributed by atoms with Crippen LogP contribution in [0.1, 0.15) is 23.0 Å². The van der Waals surface area contributed by atoms with Crippen LogP contribution in [-0.4, -0.2) is 20.5 Å². The molecule has 130 valence electrons. The number of nitrogens with zero attached hydrogens (tertiary/aromatic N) is 3. The molecule has 0 unspecified atom stereocenters.